The minimum Gasteiger partial charge on any atom is -0.315 e. The predicted octanol–water partition coefficient (Wildman–Crippen LogP) is 4.12. The number of thioether (sulfide) groups is 1. The Balaban J connectivity index is 1.94. The Morgan fingerprint density at radius 3 is 2.33 bits per heavy atom. The molecular formula is C21H23N3O2S. The van der Waals surface area contributed by atoms with E-state index in [9.17, 15) is 9.59 Å². The highest BCUT2D eigenvalue weighted by molar-refractivity contribution is 8.00. The van der Waals surface area contributed by atoms with Crippen LogP contribution in [0.15, 0.2) is 64.5 Å². The molecule has 2 aromatic carbocycles. The summed E-state index contributed by atoms with van der Waals surface area (Å²) in [6, 6.07) is 16.8. The molecule has 27 heavy (non-hydrogen) atoms. The summed E-state index contributed by atoms with van der Waals surface area (Å²) in [5.74, 6) is -0.0380. The van der Waals surface area contributed by atoms with Crippen molar-refractivity contribution in [3.63, 3.8) is 0 Å². The van der Waals surface area contributed by atoms with Gasteiger partial charge in [0, 0.05) is 18.8 Å². The van der Waals surface area contributed by atoms with Gasteiger partial charge >= 0.3 is 0 Å². The third-order valence-electron chi connectivity index (χ3n) is 4.40. The first-order valence-corrected chi connectivity index (χ1v) is 9.78. The minimum absolute atomic E-state index is 0.0380. The van der Waals surface area contributed by atoms with Crippen LogP contribution in [0.5, 0.6) is 0 Å². The lowest BCUT2D eigenvalue weighted by molar-refractivity contribution is -0.117. The van der Waals surface area contributed by atoms with Gasteiger partial charge in [-0.25, -0.2) is 4.98 Å². The molecule has 0 fully saturated rings. The highest BCUT2D eigenvalue weighted by Crippen LogP contribution is 2.26. The molecule has 0 N–H and O–H groups in total. The second-order valence-electron chi connectivity index (χ2n) is 6.67. The molecule has 5 nitrogen and oxygen atoms in total. The largest absolute Gasteiger partial charge is 0.315 e. The maximum absolute atomic E-state index is 12.9. The second-order valence-corrected chi connectivity index (χ2v) is 7.98. The molecule has 0 saturated heterocycles. The zero-order valence-corrected chi connectivity index (χ0v) is 16.7. The fourth-order valence-electron chi connectivity index (χ4n) is 2.92. The smallest absolute Gasteiger partial charge is 0.262 e. The van der Waals surface area contributed by atoms with Crippen molar-refractivity contribution in [3.05, 3.63) is 65.0 Å². The number of rotatable bonds is 5. The van der Waals surface area contributed by atoms with Crippen LogP contribution in [0.2, 0.25) is 0 Å². The van der Waals surface area contributed by atoms with Gasteiger partial charge in [0.05, 0.1) is 16.2 Å². The van der Waals surface area contributed by atoms with E-state index in [4.69, 9.17) is 0 Å². The monoisotopic (exact) mass is 381 g/mol. The van der Waals surface area contributed by atoms with Gasteiger partial charge in [0.15, 0.2) is 5.16 Å². The number of para-hydroxylation sites is 2. The number of hydrogen-bond donors (Lipinski definition) is 0. The first kappa shape index (κ1) is 19.2. The van der Waals surface area contributed by atoms with Gasteiger partial charge in [0.25, 0.3) is 5.56 Å². The number of fused-ring (bicyclic) bond motifs is 1. The molecule has 0 aliphatic carbocycles. The maximum Gasteiger partial charge on any atom is 0.262 e. The van der Waals surface area contributed by atoms with Gasteiger partial charge in [-0.05, 0) is 45.0 Å². The lowest BCUT2D eigenvalue weighted by atomic mass is 10.2. The quantitative estimate of drug-likeness (QED) is 0.493. The first-order valence-electron chi connectivity index (χ1n) is 8.90. The van der Waals surface area contributed by atoms with E-state index in [0.29, 0.717) is 16.1 Å². The Hall–Kier alpha value is -2.60. The lowest BCUT2D eigenvalue weighted by Gasteiger charge is -2.22. The number of hydrogen-bond acceptors (Lipinski definition) is 4. The molecule has 6 heteroatoms. The van der Waals surface area contributed by atoms with Gasteiger partial charge in [0.1, 0.15) is 0 Å². The molecule has 0 aliphatic heterocycles. The van der Waals surface area contributed by atoms with Crippen LogP contribution >= 0.6 is 11.8 Å². The van der Waals surface area contributed by atoms with Crippen LogP contribution in [-0.2, 0) is 4.79 Å². The van der Waals surface area contributed by atoms with Crippen molar-refractivity contribution in [2.24, 2.45) is 0 Å². The van der Waals surface area contributed by atoms with Crippen LogP contribution in [0, 0.1) is 0 Å². The van der Waals surface area contributed by atoms with Crippen molar-refractivity contribution >= 4 is 34.3 Å². The van der Waals surface area contributed by atoms with E-state index in [1.807, 2.05) is 69.3 Å². The highest BCUT2D eigenvalue weighted by Gasteiger charge is 2.23. The van der Waals surface area contributed by atoms with Crippen LogP contribution in [-0.4, -0.2) is 27.8 Å². The molecule has 140 valence electrons. The first-order chi connectivity index (χ1) is 12.9. The van der Waals surface area contributed by atoms with Gasteiger partial charge in [0.2, 0.25) is 5.91 Å². The molecule has 1 atom stereocenters. The Kier molecular flexibility index (Phi) is 5.65. The average molecular weight is 382 g/mol. The number of carbonyl (C=O) groups excluding carboxylic acids is 1. The Bertz CT molecular complexity index is 1010. The van der Waals surface area contributed by atoms with Gasteiger partial charge in [-0.1, -0.05) is 42.1 Å². The number of aromatic nitrogens is 2. The topological polar surface area (TPSA) is 55.2 Å². The summed E-state index contributed by atoms with van der Waals surface area (Å²) in [5.41, 5.74) is 1.41. The van der Waals surface area contributed by atoms with Crippen molar-refractivity contribution in [2.45, 2.75) is 37.2 Å². The fraction of sp³-hybridized carbons (Fsp3) is 0.286. The van der Waals surface area contributed by atoms with Gasteiger partial charge in [-0.3, -0.25) is 14.2 Å². The summed E-state index contributed by atoms with van der Waals surface area (Å²) < 4.78 is 1.67. The van der Waals surface area contributed by atoms with Gasteiger partial charge in [-0.15, -0.1) is 0 Å². The molecule has 0 bridgehead atoms. The van der Waals surface area contributed by atoms with Crippen molar-refractivity contribution in [1.82, 2.24) is 9.55 Å². The summed E-state index contributed by atoms with van der Waals surface area (Å²) in [6.45, 7) is 5.74. The number of carbonyl (C=O) groups is 1. The van der Waals surface area contributed by atoms with Crippen LogP contribution < -0.4 is 10.5 Å². The van der Waals surface area contributed by atoms with E-state index in [0.717, 1.165) is 5.69 Å². The van der Waals surface area contributed by atoms with E-state index < -0.39 is 0 Å². The zero-order valence-electron chi connectivity index (χ0n) is 15.9. The van der Waals surface area contributed by atoms with E-state index >= 15 is 0 Å². The molecule has 0 saturated carbocycles. The molecule has 1 aromatic heterocycles. The van der Waals surface area contributed by atoms with E-state index in [2.05, 4.69) is 4.98 Å². The van der Waals surface area contributed by atoms with Crippen molar-refractivity contribution in [2.75, 3.05) is 11.9 Å². The number of benzene rings is 2. The van der Waals surface area contributed by atoms with Gasteiger partial charge in [-0.2, -0.15) is 0 Å². The van der Waals surface area contributed by atoms with E-state index in [1.54, 1.807) is 22.6 Å². The van der Waals surface area contributed by atoms with Crippen molar-refractivity contribution in [1.29, 1.82) is 0 Å². The molecule has 1 amide bonds. The maximum atomic E-state index is 12.9. The number of anilines is 1. The predicted molar refractivity (Wildman–Crippen MR) is 112 cm³/mol. The molecule has 0 spiro atoms. The Labute approximate surface area is 163 Å². The van der Waals surface area contributed by atoms with Crippen molar-refractivity contribution < 1.29 is 4.79 Å². The van der Waals surface area contributed by atoms with Crippen LogP contribution in [0.1, 0.15) is 26.8 Å². The van der Waals surface area contributed by atoms with E-state index in [-0.39, 0.29) is 22.8 Å². The summed E-state index contributed by atoms with van der Waals surface area (Å²) in [4.78, 5) is 32.1. The third kappa shape index (κ3) is 3.90. The van der Waals surface area contributed by atoms with Crippen LogP contribution in [0.25, 0.3) is 10.9 Å². The fourth-order valence-corrected chi connectivity index (χ4v) is 4.06. The molecular weight excluding hydrogens is 358 g/mol. The second kappa shape index (κ2) is 7.96. The number of nitrogens with zero attached hydrogens (tertiary/aromatic N) is 3. The van der Waals surface area contributed by atoms with Crippen LogP contribution in [0.3, 0.4) is 0 Å². The summed E-state index contributed by atoms with van der Waals surface area (Å²) in [7, 11) is 1.76. The molecule has 1 unspecified atom stereocenters. The number of amides is 1. The third-order valence-corrected chi connectivity index (χ3v) is 5.45. The summed E-state index contributed by atoms with van der Waals surface area (Å²) in [5, 5.41) is 0.778. The SMILES string of the molecule is CC(Sc1nc2ccccc2c(=O)n1C(C)C)C(=O)N(C)c1ccccc1. The molecule has 3 rings (SSSR count). The molecule has 3 aromatic rings. The highest BCUT2D eigenvalue weighted by atomic mass is 32.2. The molecule has 0 radical (unpaired) electrons. The summed E-state index contributed by atoms with van der Waals surface area (Å²) >= 11 is 1.32. The summed E-state index contributed by atoms with van der Waals surface area (Å²) in [6.07, 6.45) is 0. The van der Waals surface area contributed by atoms with Crippen molar-refractivity contribution in [3.8, 4) is 0 Å². The Morgan fingerprint density at radius 1 is 1.04 bits per heavy atom. The normalized spacial score (nSPS) is 12.3. The average Bonchev–Trinajstić information content (AvgIpc) is 2.67. The van der Waals surface area contributed by atoms with Crippen LogP contribution in [0.4, 0.5) is 5.69 Å². The Morgan fingerprint density at radius 2 is 1.67 bits per heavy atom. The lowest BCUT2D eigenvalue weighted by Crippen LogP contribution is -2.34. The van der Waals surface area contributed by atoms with Gasteiger partial charge < -0.3 is 4.90 Å². The molecule has 1 heterocycles. The van der Waals surface area contributed by atoms with E-state index in [1.165, 1.54) is 11.8 Å². The zero-order chi connectivity index (χ0) is 19.6. The minimum atomic E-state index is -0.381. The standard InChI is InChI=1S/C21H23N3O2S/c1-14(2)24-20(26)17-12-8-9-13-18(17)22-21(24)27-15(3)19(25)23(4)16-10-6-5-7-11-16/h5-15H,1-4H3. The molecule has 0 aliphatic rings.